The summed E-state index contributed by atoms with van der Waals surface area (Å²) in [5.41, 5.74) is -0.00741. The molecule has 1 aromatic rings. The number of carbonyl (C=O) groups is 2. The predicted molar refractivity (Wildman–Crippen MR) is 58.4 cm³/mol. The second-order valence-corrected chi connectivity index (χ2v) is 3.44. The van der Waals surface area contributed by atoms with Gasteiger partial charge in [0.15, 0.2) is 11.5 Å². The number of phenols is 1. The summed E-state index contributed by atoms with van der Waals surface area (Å²) in [5.74, 6) is -1.03. The van der Waals surface area contributed by atoms with E-state index in [1.54, 1.807) is 0 Å². The first kappa shape index (κ1) is 11.2. The normalized spacial score (nSPS) is 14.1. The molecule has 0 aromatic heterocycles. The molecule has 88 valence electrons. The molecule has 0 amide bonds. The summed E-state index contributed by atoms with van der Waals surface area (Å²) in [4.78, 5) is 23.8. The van der Waals surface area contributed by atoms with Gasteiger partial charge in [0.1, 0.15) is 11.5 Å². The van der Waals surface area contributed by atoms with Crippen LogP contribution in [0, 0.1) is 0 Å². The lowest BCUT2D eigenvalue weighted by Crippen LogP contribution is -2.19. The minimum atomic E-state index is -0.479. The van der Waals surface area contributed by atoms with Crippen molar-refractivity contribution in [3.8, 4) is 11.5 Å². The third-order valence-corrected chi connectivity index (χ3v) is 2.54. The molecular weight excluding hydrogens is 224 g/mol. The van der Waals surface area contributed by atoms with Gasteiger partial charge in [-0.2, -0.15) is 0 Å². The number of hydrogen-bond donors (Lipinski definition) is 1. The SMILES string of the molecule is COC1=CC(=O)c2c(O)ccc(OC)c2C1=O. The Morgan fingerprint density at radius 3 is 2.35 bits per heavy atom. The average molecular weight is 234 g/mol. The van der Waals surface area contributed by atoms with E-state index in [9.17, 15) is 14.7 Å². The molecule has 1 aromatic carbocycles. The molecule has 0 spiro atoms. The van der Waals surface area contributed by atoms with E-state index in [0.29, 0.717) is 0 Å². The Balaban J connectivity index is 2.74. The van der Waals surface area contributed by atoms with Crippen LogP contribution in [0.1, 0.15) is 20.7 Å². The Hall–Kier alpha value is -2.30. The number of phenolic OH excluding ortho intramolecular Hbond substituents is 1. The highest BCUT2D eigenvalue weighted by Crippen LogP contribution is 2.35. The number of ketones is 2. The van der Waals surface area contributed by atoms with Crippen LogP contribution in [0.25, 0.3) is 0 Å². The van der Waals surface area contributed by atoms with Gasteiger partial charge in [-0.3, -0.25) is 9.59 Å². The number of fused-ring (bicyclic) bond motifs is 1. The highest BCUT2D eigenvalue weighted by molar-refractivity contribution is 6.25. The Labute approximate surface area is 97.3 Å². The van der Waals surface area contributed by atoms with Gasteiger partial charge in [-0.05, 0) is 12.1 Å². The number of benzene rings is 1. The van der Waals surface area contributed by atoms with Crippen LogP contribution in [0.5, 0.6) is 11.5 Å². The van der Waals surface area contributed by atoms with Gasteiger partial charge in [0, 0.05) is 6.08 Å². The third-order valence-electron chi connectivity index (χ3n) is 2.54. The summed E-state index contributed by atoms with van der Waals surface area (Å²) in [7, 11) is 2.69. The highest BCUT2D eigenvalue weighted by Gasteiger charge is 2.32. The van der Waals surface area contributed by atoms with Crippen LogP contribution in [0.2, 0.25) is 0 Å². The number of aromatic hydroxyl groups is 1. The van der Waals surface area contributed by atoms with Crippen LogP contribution in [-0.2, 0) is 4.74 Å². The van der Waals surface area contributed by atoms with Gasteiger partial charge >= 0.3 is 0 Å². The Morgan fingerprint density at radius 1 is 1.06 bits per heavy atom. The summed E-state index contributed by atoms with van der Waals surface area (Å²) >= 11 is 0. The molecule has 0 aliphatic heterocycles. The van der Waals surface area contributed by atoms with E-state index in [1.807, 2.05) is 0 Å². The molecule has 17 heavy (non-hydrogen) atoms. The quantitative estimate of drug-likeness (QED) is 0.835. The monoisotopic (exact) mass is 234 g/mol. The zero-order chi connectivity index (χ0) is 12.6. The smallest absolute Gasteiger partial charge is 0.232 e. The maximum Gasteiger partial charge on any atom is 0.232 e. The average Bonchev–Trinajstić information content (AvgIpc) is 2.33. The molecule has 0 saturated carbocycles. The van der Waals surface area contributed by atoms with Crippen molar-refractivity contribution in [2.45, 2.75) is 0 Å². The van der Waals surface area contributed by atoms with Crippen LogP contribution in [0.4, 0.5) is 0 Å². The van der Waals surface area contributed by atoms with Crippen molar-refractivity contribution in [2.75, 3.05) is 14.2 Å². The zero-order valence-electron chi connectivity index (χ0n) is 9.31. The van der Waals surface area contributed by atoms with E-state index in [1.165, 1.54) is 26.4 Å². The fourth-order valence-corrected chi connectivity index (χ4v) is 1.75. The van der Waals surface area contributed by atoms with Crippen LogP contribution >= 0.6 is 0 Å². The molecule has 0 atom stereocenters. The lowest BCUT2D eigenvalue weighted by atomic mass is 9.92. The van der Waals surface area contributed by atoms with Gasteiger partial charge in [0.05, 0.1) is 25.3 Å². The van der Waals surface area contributed by atoms with Crippen molar-refractivity contribution in [3.63, 3.8) is 0 Å². The van der Waals surface area contributed by atoms with Crippen molar-refractivity contribution < 1.29 is 24.2 Å². The molecule has 0 fully saturated rings. The van der Waals surface area contributed by atoms with E-state index in [4.69, 9.17) is 9.47 Å². The van der Waals surface area contributed by atoms with E-state index in [2.05, 4.69) is 0 Å². The van der Waals surface area contributed by atoms with Crippen molar-refractivity contribution in [1.82, 2.24) is 0 Å². The molecule has 1 aliphatic carbocycles. The number of allylic oxidation sites excluding steroid dienone is 2. The summed E-state index contributed by atoms with van der Waals surface area (Å²) in [5, 5.41) is 9.62. The topological polar surface area (TPSA) is 72.8 Å². The third kappa shape index (κ3) is 1.56. The van der Waals surface area contributed by atoms with Crippen molar-refractivity contribution in [2.24, 2.45) is 0 Å². The maximum absolute atomic E-state index is 12.0. The van der Waals surface area contributed by atoms with Gasteiger partial charge in [-0.25, -0.2) is 0 Å². The molecule has 2 rings (SSSR count). The lowest BCUT2D eigenvalue weighted by molar-refractivity contribution is 0.0911. The van der Waals surface area contributed by atoms with Crippen LogP contribution in [-0.4, -0.2) is 30.9 Å². The molecule has 0 heterocycles. The second kappa shape index (κ2) is 3.93. The fourth-order valence-electron chi connectivity index (χ4n) is 1.75. The van der Waals surface area contributed by atoms with Crippen LogP contribution in [0.3, 0.4) is 0 Å². The molecule has 0 unspecified atom stereocenters. The van der Waals surface area contributed by atoms with Gasteiger partial charge in [0.2, 0.25) is 5.78 Å². The fraction of sp³-hybridized carbons (Fsp3) is 0.167. The van der Waals surface area contributed by atoms with Gasteiger partial charge in [-0.15, -0.1) is 0 Å². The molecule has 1 aliphatic rings. The van der Waals surface area contributed by atoms with Crippen LogP contribution < -0.4 is 4.74 Å². The van der Waals surface area contributed by atoms with Gasteiger partial charge in [-0.1, -0.05) is 0 Å². The first-order valence-electron chi connectivity index (χ1n) is 4.84. The highest BCUT2D eigenvalue weighted by atomic mass is 16.5. The van der Waals surface area contributed by atoms with E-state index in [0.717, 1.165) is 6.08 Å². The van der Waals surface area contributed by atoms with E-state index < -0.39 is 11.6 Å². The number of methoxy groups -OCH3 is 2. The Morgan fingerprint density at radius 2 is 1.76 bits per heavy atom. The maximum atomic E-state index is 12.0. The summed E-state index contributed by atoms with van der Waals surface area (Å²) < 4.78 is 9.84. The minimum Gasteiger partial charge on any atom is -0.507 e. The zero-order valence-corrected chi connectivity index (χ0v) is 9.31. The number of carbonyl (C=O) groups excluding carboxylic acids is 2. The first-order valence-corrected chi connectivity index (χ1v) is 4.84. The van der Waals surface area contributed by atoms with Crippen molar-refractivity contribution in [3.05, 3.63) is 35.1 Å². The molecule has 5 nitrogen and oxygen atoms in total. The van der Waals surface area contributed by atoms with Crippen molar-refractivity contribution in [1.29, 1.82) is 0 Å². The van der Waals surface area contributed by atoms with Crippen molar-refractivity contribution >= 4 is 11.6 Å². The largest absolute Gasteiger partial charge is 0.507 e. The Kier molecular flexibility index (Phi) is 2.59. The standard InChI is InChI=1S/C12H10O5/c1-16-8-4-3-6(13)10-7(14)5-9(17-2)12(15)11(8)10/h3-5,13H,1-2H3. The minimum absolute atomic E-state index is 0.0388. The van der Waals surface area contributed by atoms with Crippen LogP contribution in [0.15, 0.2) is 24.0 Å². The van der Waals surface area contributed by atoms with E-state index >= 15 is 0 Å². The number of Topliss-reactive ketones (excluding diaryl/α,β-unsaturated/α-hetero) is 1. The summed E-state index contributed by atoms with van der Waals surface area (Å²) in [6.45, 7) is 0. The molecule has 0 radical (unpaired) electrons. The van der Waals surface area contributed by atoms with E-state index in [-0.39, 0.29) is 28.4 Å². The predicted octanol–water partition coefficient (Wildman–Crippen LogP) is 1.31. The van der Waals surface area contributed by atoms with Gasteiger partial charge < -0.3 is 14.6 Å². The summed E-state index contributed by atoms with van der Waals surface area (Å²) in [6, 6.07) is 2.74. The second-order valence-electron chi connectivity index (χ2n) is 3.44. The molecule has 0 saturated heterocycles. The molecular formula is C12H10O5. The van der Waals surface area contributed by atoms with Gasteiger partial charge in [0.25, 0.3) is 0 Å². The number of hydrogen-bond acceptors (Lipinski definition) is 5. The lowest BCUT2D eigenvalue weighted by Gasteiger charge is -2.17. The molecule has 1 N–H and O–H groups in total. The first-order chi connectivity index (χ1) is 8.10. The number of ether oxygens (including phenoxy) is 2. The molecule has 0 bridgehead atoms. The summed E-state index contributed by atoms with van der Waals surface area (Å²) in [6.07, 6.45) is 1.06. The Bertz CT molecular complexity index is 542. The number of rotatable bonds is 2. The molecule has 5 heteroatoms.